The minimum absolute atomic E-state index is 0.0938. The standard InChI is InChI=1S/CH2O.4CHO.Ni/c5*1-2;/h1H2;4*1H;. The predicted octanol–water partition coefficient (Wildman–Crippen LogP) is -1.28. The van der Waals surface area contributed by atoms with Crippen molar-refractivity contribution in [3.63, 3.8) is 0 Å². The van der Waals surface area contributed by atoms with Gasteiger partial charge in [-0.2, -0.15) is 0 Å². The van der Waals surface area contributed by atoms with Gasteiger partial charge in [0.15, 0.2) is 0 Å². The van der Waals surface area contributed by atoms with Crippen molar-refractivity contribution in [1.29, 1.82) is 0 Å². The molecule has 0 fully saturated rings. The first-order chi connectivity index (χ1) is 5.24. The monoisotopic (exact) mass is 204 g/mol. The summed E-state index contributed by atoms with van der Waals surface area (Å²) < 4.78 is 0. The van der Waals surface area contributed by atoms with E-state index in [1.54, 1.807) is 0 Å². The SMILES string of the molecule is C=O.O=[CH][Ni]([CH]=O)([CH]=O)[CH]=O. The molecule has 0 aliphatic carbocycles. The molecule has 0 aromatic heterocycles. The van der Waals surface area contributed by atoms with Gasteiger partial charge in [-0.1, -0.05) is 0 Å². The van der Waals surface area contributed by atoms with Crippen molar-refractivity contribution >= 4 is 27.8 Å². The Morgan fingerprint density at radius 2 is 0.909 bits per heavy atom. The molecule has 11 heavy (non-hydrogen) atoms. The molecule has 0 amide bonds. The zero-order valence-corrected chi connectivity index (χ0v) is 6.36. The molecule has 0 bridgehead atoms. The summed E-state index contributed by atoms with van der Waals surface area (Å²) in [5, 5.41) is 0.375. The summed E-state index contributed by atoms with van der Waals surface area (Å²) in [4.78, 5) is 47.5. The van der Waals surface area contributed by atoms with E-state index in [4.69, 9.17) is 4.79 Å². The summed E-state index contributed by atoms with van der Waals surface area (Å²) in [5.74, 6) is 0. The molecular formula is C5H6NiO5. The molecule has 0 N–H and O–H groups in total. The first-order valence-corrected chi connectivity index (χ1v) is 4.24. The Kier molecular flexibility index (Phi) is 7.91. The van der Waals surface area contributed by atoms with E-state index in [1.165, 1.54) is 0 Å². The van der Waals surface area contributed by atoms with Crippen LogP contribution in [0.1, 0.15) is 0 Å². The van der Waals surface area contributed by atoms with E-state index in [0.717, 1.165) is 0 Å². The van der Waals surface area contributed by atoms with E-state index in [9.17, 15) is 19.2 Å². The third kappa shape index (κ3) is 3.52. The minimum atomic E-state index is -2.97. The van der Waals surface area contributed by atoms with E-state index in [1.807, 2.05) is 6.79 Å². The Morgan fingerprint density at radius 3 is 0.909 bits per heavy atom. The van der Waals surface area contributed by atoms with Crippen molar-refractivity contribution in [1.82, 2.24) is 0 Å². The van der Waals surface area contributed by atoms with Crippen LogP contribution in [0.4, 0.5) is 0 Å². The second-order valence-corrected chi connectivity index (χ2v) is 3.84. The third-order valence-electron chi connectivity index (χ3n) is 0.516. The normalized spacial score (nSPS) is 9.82. The van der Waals surface area contributed by atoms with Crippen LogP contribution in [-0.2, 0) is 36.4 Å². The molecule has 0 aromatic rings. The van der Waals surface area contributed by atoms with Crippen molar-refractivity contribution in [2.45, 2.75) is 0 Å². The predicted molar refractivity (Wildman–Crippen MR) is 34.1 cm³/mol. The van der Waals surface area contributed by atoms with Gasteiger partial charge in [0, 0.05) is 0 Å². The van der Waals surface area contributed by atoms with E-state index >= 15 is 0 Å². The molecule has 66 valence electrons. The van der Waals surface area contributed by atoms with Gasteiger partial charge in [-0.05, 0) is 0 Å². The second-order valence-electron chi connectivity index (χ2n) is 0.931. The molecule has 0 aromatic carbocycles. The molecule has 5 nitrogen and oxygen atoms in total. The number of rotatable bonds is 4. The maximum absolute atomic E-state index is 9.87. The summed E-state index contributed by atoms with van der Waals surface area (Å²) in [5.41, 5.74) is 0. The van der Waals surface area contributed by atoms with Crippen LogP contribution in [0.5, 0.6) is 0 Å². The molecule has 0 saturated heterocycles. The van der Waals surface area contributed by atoms with Crippen LogP contribution in [0.3, 0.4) is 0 Å². The molecule has 0 spiro atoms. The number of hydrogen-bond acceptors (Lipinski definition) is 5. The van der Waals surface area contributed by atoms with Crippen molar-refractivity contribution in [3.05, 3.63) is 0 Å². The molecule has 0 saturated carbocycles. The number of carbonyl (C=O) groups is 5. The third-order valence-corrected chi connectivity index (χ3v) is 2.13. The van der Waals surface area contributed by atoms with E-state index < -0.39 is 12.4 Å². The fraction of sp³-hybridized carbons (Fsp3) is 0. The quantitative estimate of drug-likeness (QED) is 0.421. The summed E-state index contributed by atoms with van der Waals surface area (Å²) in [7, 11) is 0. The van der Waals surface area contributed by atoms with Gasteiger partial charge in [0.05, 0.1) is 0 Å². The zero-order valence-electron chi connectivity index (χ0n) is 5.37. The topological polar surface area (TPSA) is 85.3 Å². The van der Waals surface area contributed by atoms with E-state index in [2.05, 4.69) is 0 Å². The van der Waals surface area contributed by atoms with Crippen LogP contribution in [0, 0.1) is 0 Å². The van der Waals surface area contributed by atoms with Gasteiger partial charge in [0.2, 0.25) is 0 Å². The summed E-state index contributed by atoms with van der Waals surface area (Å²) in [6.45, 7) is 2.00. The molecule has 0 rings (SSSR count). The van der Waals surface area contributed by atoms with Crippen molar-refractivity contribution in [2.24, 2.45) is 0 Å². The maximum atomic E-state index is 9.87. The summed E-state index contributed by atoms with van der Waals surface area (Å²) >= 11 is -2.97. The molecule has 0 heterocycles. The van der Waals surface area contributed by atoms with E-state index in [0.29, 0.717) is 0 Å². The Hall–Kier alpha value is -1.16. The van der Waals surface area contributed by atoms with Gasteiger partial charge in [-0.15, -0.1) is 0 Å². The van der Waals surface area contributed by atoms with Crippen LogP contribution in [0.25, 0.3) is 0 Å². The van der Waals surface area contributed by atoms with E-state index in [-0.39, 0.29) is 21.0 Å². The molecule has 0 unspecified atom stereocenters. The van der Waals surface area contributed by atoms with Gasteiger partial charge in [0.1, 0.15) is 6.79 Å². The molecule has 6 heteroatoms. The van der Waals surface area contributed by atoms with Crippen LogP contribution in [0.15, 0.2) is 0 Å². The van der Waals surface area contributed by atoms with Crippen LogP contribution < -0.4 is 0 Å². The van der Waals surface area contributed by atoms with Crippen LogP contribution in [-0.4, -0.2) is 27.8 Å². The Bertz CT molecular complexity index is 129. The van der Waals surface area contributed by atoms with Gasteiger partial charge in [-0.3, -0.25) is 0 Å². The fourth-order valence-corrected chi connectivity index (χ4v) is 0.435. The first kappa shape index (κ1) is 12.5. The Morgan fingerprint density at radius 1 is 0.727 bits per heavy atom. The van der Waals surface area contributed by atoms with Crippen molar-refractivity contribution in [3.8, 4) is 0 Å². The fourth-order valence-electron chi connectivity index (χ4n) is 0.105. The molecule has 0 aliphatic rings. The van der Waals surface area contributed by atoms with Crippen LogP contribution in [0.2, 0.25) is 0 Å². The van der Waals surface area contributed by atoms with Crippen LogP contribution >= 0.6 is 0 Å². The van der Waals surface area contributed by atoms with Gasteiger partial charge < -0.3 is 4.79 Å². The molecule has 0 radical (unpaired) electrons. The first-order valence-electron chi connectivity index (χ1n) is 1.96. The van der Waals surface area contributed by atoms with Crippen molar-refractivity contribution < 1.29 is 36.4 Å². The molecule has 0 aliphatic heterocycles. The Labute approximate surface area is 64.8 Å². The van der Waals surface area contributed by atoms with Gasteiger partial charge >= 0.3 is 52.6 Å². The number of carbonyl (C=O) groups excluding carboxylic acids is 5. The zero-order chi connectivity index (χ0) is 9.33. The van der Waals surface area contributed by atoms with Crippen molar-refractivity contribution in [2.75, 3.05) is 0 Å². The summed E-state index contributed by atoms with van der Waals surface area (Å²) in [6.07, 6.45) is 0. The number of hydrogen-bond donors (Lipinski definition) is 0. The Balaban J connectivity index is 0. The molecule has 0 atom stereocenters. The average molecular weight is 205 g/mol. The average Bonchev–Trinajstić information content (AvgIpc) is 2.13. The summed E-state index contributed by atoms with van der Waals surface area (Å²) in [6, 6.07) is 0. The molecular weight excluding hydrogens is 199 g/mol. The second kappa shape index (κ2) is 6.96. The van der Waals surface area contributed by atoms with Gasteiger partial charge in [0.25, 0.3) is 0 Å². The van der Waals surface area contributed by atoms with Gasteiger partial charge in [-0.25, -0.2) is 0 Å².